The zero-order chi connectivity index (χ0) is 12.7. The largest absolute Gasteiger partial charge is 0.382 e. The van der Waals surface area contributed by atoms with Gasteiger partial charge in [0.15, 0.2) is 0 Å². The number of halogens is 1. The average Bonchev–Trinajstić information content (AvgIpc) is 2.32. The van der Waals surface area contributed by atoms with Crippen molar-refractivity contribution in [2.24, 2.45) is 0 Å². The monoisotopic (exact) mass is 273 g/mol. The quantitative estimate of drug-likeness (QED) is 0.618. The predicted molar refractivity (Wildman–Crippen MR) is 72.1 cm³/mol. The summed E-state index contributed by atoms with van der Waals surface area (Å²) in [5, 5.41) is 3.22. The van der Waals surface area contributed by atoms with E-state index >= 15 is 0 Å². The minimum absolute atomic E-state index is 0.178. The highest BCUT2D eigenvalue weighted by molar-refractivity contribution is 7.80. The first kappa shape index (κ1) is 14.4. The fourth-order valence-electron chi connectivity index (χ4n) is 1.30. The van der Waals surface area contributed by atoms with Gasteiger partial charge in [0.2, 0.25) is 0 Å². The van der Waals surface area contributed by atoms with Gasteiger partial charge in [0, 0.05) is 24.7 Å². The molecule has 0 fully saturated rings. The van der Waals surface area contributed by atoms with Gasteiger partial charge >= 0.3 is 0 Å². The van der Waals surface area contributed by atoms with Gasteiger partial charge in [-0.25, -0.2) is 0 Å². The molecule has 0 bridgehead atoms. The van der Waals surface area contributed by atoms with Crippen molar-refractivity contribution in [3.63, 3.8) is 0 Å². The fraction of sp³-hybridized carbons (Fsp3) is 0.417. The zero-order valence-electron chi connectivity index (χ0n) is 9.70. The highest BCUT2D eigenvalue weighted by Crippen LogP contribution is 2.19. The molecule has 0 saturated carbocycles. The number of benzene rings is 1. The molecule has 0 spiro atoms. The van der Waals surface area contributed by atoms with Crippen molar-refractivity contribution in [1.29, 1.82) is 0 Å². The van der Waals surface area contributed by atoms with Gasteiger partial charge in [-0.05, 0) is 31.5 Å². The van der Waals surface area contributed by atoms with Crippen LogP contribution in [-0.2, 0) is 4.74 Å². The molecule has 0 aliphatic carbocycles. The molecular weight excluding hydrogens is 258 g/mol. The molecule has 17 heavy (non-hydrogen) atoms. The lowest BCUT2D eigenvalue weighted by Gasteiger charge is -2.07. The molecule has 5 heteroatoms. The first-order valence-corrected chi connectivity index (χ1v) is 6.32. The molecule has 0 heterocycles. The third kappa shape index (κ3) is 4.98. The summed E-state index contributed by atoms with van der Waals surface area (Å²) < 4.78 is 5.17. The number of hydrogen-bond acceptors (Lipinski definition) is 3. The van der Waals surface area contributed by atoms with Gasteiger partial charge in [-0.15, -0.1) is 12.6 Å². The standard InChI is InChI=1S/C12H16ClNO2S/c1-2-16-7-3-6-14-12(15)10-8-9(17)4-5-11(10)13/h4-5,8,17H,2-3,6-7H2,1H3,(H,14,15). The summed E-state index contributed by atoms with van der Waals surface area (Å²) >= 11 is 10.1. The Morgan fingerprint density at radius 1 is 1.53 bits per heavy atom. The lowest BCUT2D eigenvalue weighted by atomic mass is 10.2. The summed E-state index contributed by atoms with van der Waals surface area (Å²) in [5.74, 6) is -0.178. The van der Waals surface area contributed by atoms with Crippen LogP contribution in [0.4, 0.5) is 0 Å². The molecule has 0 aromatic heterocycles. The molecule has 0 aliphatic heterocycles. The molecule has 0 atom stereocenters. The van der Waals surface area contributed by atoms with E-state index in [9.17, 15) is 4.79 Å². The third-order valence-electron chi connectivity index (χ3n) is 2.15. The Hall–Kier alpha value is -0.710. The molecule has 0 radical (unpaired) electrons. The second-order valence-corrected chi connectivity index (χ2v) is 4.39. The SMILES string of the molecule is CCOCCCNC(=O)c1cc(S)ccc1Cl. The third-order valence-corrected chi connectivity index (χ3v) is 2.76. The van der Waals surface area contributed by atoms with E-state index in [0.29, 0.717) is 35.2 Å². The van der Waals surface area contributed by atoms with Crippen LogP contribution in [-0.4, -0.2) is 25.7 Å². The first-order chi connectivity index (χ1) is 8.15. The van der Waals surface area contributed by atoms with Crippen molar-refractivity contribution in [1.82, 2.24) is 5.32 Å². The molecule has 0 aliphatic rings. The Kier molecular flexibility index (Phi) is 6.40. The Bertz CT molecular complexity index is 385. The van der Waals surface area contributed by atoms with Gasteiger partial charge in [-0.2, -0.15) is 0 Å². The Labute approximate surface area is 112 Å². The van der Waals surface area contributed by atoms with E-state index in [4.69, 9.17) is 16.3 Å². The lowest BCUT2D eigenvalue weighted by molar-refractivity contribution is 0.0944. The maximum atomic E-state index is 11.8. The topological polar surface area (TPSA) is 38.3 Å². The van der Waals surface area contributed by atoms with Crippen molar-refractivity contribution < 1.29 is 9.53 Å². The molecule has 1 rings (SSSR count). The van der Waals surface area contributed by atoms with Crippen LogP contribution in [0.15, 0.2) is 23.1 Å². The van der Waals surface area contributed by atoms with Crippen LogP contribution in [0.5, 0.6) is 0 Å². The van der Waals surface area contributed by atoms with Crippen LogP contribution in [0.25, 0.3) is 0 Å². The number of rotatable bonds is 6. The van der Waals surface area contributed by atoms with Crippen molar-refractivity contribution in [3.8, 4) is 0 Å². The molecule has 1 N–H and O–H groups in total. The predicted octanol–water partition coefficient (Wildman–Crippen LogP) is 2.79. The maximum absolute atomic E-state index is 11.8. The smallest absolute Gasteiger partial charge is 0.252 e. The van der Waals surface area contributed by atoms with Crippen LogP contribution in [0.1, 0.15) is 23.7 Å². The van der Waals surface area contributed by atoms with E-state index < -0.39 is 0 Å². The first-order valence-electron chi connectivity index (χ1n) is 5.49. The van der Waals surface area contributed by atoms with Crippen molar-refractivity contribution >= 4 is 30.1 Å². The van der Waals surface area contributed by atoms with Crippen LogP contribution in [0.3, 0.4) is 0 Å². The van der Waals surface area contributed by atoms with Crippen molar-refractivity contribution in [2.45, 2.75) is 18.2 Å². The normalized spacial score (nSPS) is 10.3. The van der Waals surface area contributed by atoms with Gasteiger partial charge in [0.1, 0.15) is 0 Å². The number of thiol groups is 1. The number of hydrogen-bond donors (Lipinski definition) is 2. The summed E-state index contributed by atoms with van der Waals surface area (Å²) in [6.45, 7) is 3.86. The summed E-state index contributed by atoms with van der Waals surface area (Å²) in [4.78, 5) is 12.5. The summed E-state index contributed by atoms with van der Waals surface area (Å²) in [7, 11) is 0. The minimum atomic E-state index is -0.178. The van der Waals surface area contributed by atoms with Gasteiger partial charge in [-0.3, -0.25) is 4.79 Å². The van der Waals surface area contributed by atoms with Crippen LogP contribution in [0, 0.1) is 0 Å². The van der Waals surface area contributed by atoms with E-state index in [1.54, 1.807) is 18.2 Å². The Morgan fingerprint density at radius 2 is 2.29 bits per heavy atom. The number of amides is 1. The average molecular weight is 274 g/mol. The van der Waals surface area contributed by atoms with Crippen LogP contribution in [0.2, 0.25) is 5.02 Å². The van der Waals surface area contributed by atoms with Crippen molar-refractivity contribution in [3.05, 3.63) is 28.8 Å². The molecule has 3 nitrogen and oxygen atoms in total. The second-order valence-electron chi connectivity index (χ2n) is 3.47. The Balaban J connectivity index is 2.44. The molecule has 1 aromatic rings. The molecular formula is C12H16ClNO2S. The van der Waals surface area contributed by atoms with Crippen LogP contribution < -0.4 is 5.32 Å². The number of ether oxygens (including phenoxy) is 1. The number of nitrogens with one attached hydrogen (secondary N) is 1. The van der Waals surface area contributed by atoms with E-state index in [1.165, 1.54) is 0 Å². The highest BCUT2D eigenvalue weighted by Gasteiger charge is 2.09. The fourth-order valence-corrected chi connectivity index (χ4v) is 1.71. The van der Waals surface area contributed by atoms with Gasteiger partial charge in [-0.1, -0.05) is 11.6 Å². The van der Waals surface area contributed by atoms with Gasteiger partial charge in [0.05, 0.1) is 10.6 Å². The maximum Gasteiger partial charge on any atom is 0.252 e. The Morgan fingerprint density at radius 3 is 3.00 bits per heavy atom. The highest BCUT2D eigenvalue weighted by atomic mass is 35.5. The molecule has 94 valence electrons. The lowest BCUT2D eigenvalue weighted by Crippen LogP contribution is -2.25. The van der Waals surface area contributed by atoms with Crippen LogP contribution >= 0.6 is 24.2 Å². The van der Waals surface area contributed by atoms with E-state index in [0.717, 1.165) is 6.42 Å². The van der Waals surface area contributed by atoms with E-state index in [-0.39, 0.29) is 5.91 Å². The summed E-state index contributed by atoms with van der Waals surface area (Å²) in [6, 6.07) is 5.07. The second kappa shape index (κ2) is 7.58. The number of carbonyl (C=O) groups excluding carboxylic acids is 1. The summed E-state index contributed by atoms with van der Waals surface area (Å²) in [6.07, 6.45) is 0.789. The number of carbonyl (C=O) groups is 1. The van der Waals surface area contributed by atoms with E-state index in [2.05, 4.69) is 17.9 Å². The van der Waals surface area contributed by atoms with E-state index in [1.807, 2.05) is 6.92 Å². The van der Waals surface area contributed by atoms with Gasteiger partial charge < -0.3 is 10.1 Å². The molecule has 1 aromatic carbocycles. The minimum Gasteiger partial charge on any atom is -0.382 e. The zero-order valence-corrected chi connectivity index (χ0v) is 11.4. The summed E-state index contributed by atoms with van der Waals surface area (Å²) in [5.41, 5.74) is 0.454. The van der Waals surface area contributed by atoms with Gasteiger partial charge in [0.25, 0.3) is 5.91 Å². The molecule has 1 amide bonds. The van der Waals surface area contributed by atoms with Crippen molar-refractivity contribution in [2.75, 3.05) is 19.8 Å². The molecule has 0 unspecified atom stereocenters. The molecule has 0 saturated heterocycles.